The fourth-order valence-electron chi connectivity index (χ4n) is 1.69. The second kappa shape index (κ2) is 8.90. The third-order valence-corrected chi connectivity index (χ3v) is 2.64. The van der Waals surface area contributed by atoms with E-state index < -0.39 is 0 Å². The van der Waals surface area contributed by atoms with Crippen LogP contribution in [0.2, 0.25) is 0 Å². The number of rotatable bonds is 1. The first-order chi connectivity index (χ1) is 9.36. The highest BCUT2D eigenvalue weighted by molar-refractivity contribution is 6.92. The Morgan fingerprint density at radius 1 is 0.450 bits per heavy atom. The van der Waals surface area contributed by atoms with E-state index in [0.29, 0.717) is 5.75 Å². The Labute approximate surface area is 123 Å². The van der Waals surface area contributed by atoms with Crippen LogP contribution in [0.1, 0.15) is 0 Å². The average molecular weight is 282 g/mol. The molecule has 0 saturated heterocycles. The van der Waals surface area contributed by atoms with Gasteiger partial charge in [-0.3, -0.25) is 0 Å². The molecular weight excluding hydrogens is 263 g/mol. The van der Waals surface area contributed by atoms with Gasteiger partial charge in [0, 0.05) is 0 Å². The summed E-state index contributed by atoms with van der Waals surface area (Å²) >= 11 is 0. The molecule has 0 spiro atoms. The van der Waals surface area contributed by atoms with E-state index in [1.165, 1.54) is 11.1 Å². The molecule has 0 bridgehead atoms. The third-order valence-electron chi connectivity index (χ3n) is 2.64. The molecule has 3 aromatic rings. The van der Waals surface area contributed by atoms with E-state index >= 15 is 0 Å². The molecule has 1 N–H and O–H groups in total. The highest BCUT2D eigenvalue weighted by atomic mass is 31.0. The van der Waals surface area contributed by atoms with Crippen LogP contribution in [0.15, 0.2) is 91.0 Å². The van der Waals surface area contributed by atoms with Crippen LogP contribution in [0.25, 0.3) is 11.1 Å². The Bertz CT molecular complexity index is 542. The molecule has 3 rings (SSSR count). The van der Waals surface area contributed by atoms with Crippen LogP contribution >= 0.6 is 9.90 Å². The fourth-order valence-corrected chi connectivity index (χ4v) is 1.69. The molecule has 0 fully saturated rings. The van der Waals surface area contributed by atoms with Crippen LogP contribution in [0, 0.1) is 0 Å². The van der Waals surface area contributed by atoms with Gasteiger partial charge in [-0.05, 0) is 23.3 Å². The molecule has 0 aliphatic heterocycles. The number of phenolic OH excluding ortho intramolecular Hbond substituents is 1. The first-order valence-electron chi connectivity index (χ1n) is 6.21. The van der Waals surface area contributed by atoms with Crippen LogP contribution in [0.5, 0.6) is 5.75 Å². The van der Waals surface area contributed by atoms with Gasteiger partial charge in [0.05, 0.1) is 0 Å². The Hall–Kier alpha value is -2.11. The van der Waals surface area contributed by atoms with Gasteiger partial charge in [-0.2, -0.15) is 9.90 Å². The zero-order valence-corrected chi connectivity index (χ0v) is 12.7. The van der Waals surface area contributed by atoms with E-state index in [2.05, 4.69) is 48.5 Å². The second-order valence-electron chi connectivity index (χ2n) is 4.07. The number of para-hydroxylation sites is 1. The van der Waals surface area contributed by atoms with Gasteiger partial charge < -0.3 is 5.11 Å². The SMILES string of the molecule is Oc1ccccc1.P.c1ccc(-c2ccccc2)cc1. The third kappa shape index (κ3) is 5.26. The zero-order chi connectivity index (χ0) is 13.3. The minimum absolute atomic E-state index is 0. The van der Waals surface area contributed by atoms with Gasteiger partial charge >= 0.3 is 0 Å². The van der Waals surface area contributed by atoms with Crippen molar-refractivity contribution in [3.63, 3.8) is 0 Å². The molecule has 0 aromatic heterocycles. The first-order valence-corrected chi connectivity index (χ1v) is 6.21. The Balaban J connectivity index is 0.000000216. The normalized spacial score (nSPS) is 8.80. The molecule has 0 radical (unpaired) electrons. The van der Waals surface area contributed by atoms with Crippen LogP contribution in [-0.2, 0) is 0 Å². The molecule has 1 unspecified atom stereocenters. The van der Waals surface area contributed by atoms with Crippen molar-refractivity contribution in [2.75, 3.05) is 0 Å². The lowest BCUT2D eigenvalue weighted by atomic mass is 10.1. The van der Waals surface area contributed by atoms with E-state index in [0.717, 1.165) is 0 Å². The standard InChI is InChI=1S/C12H10.C6H6O.H3P/c1-3-7-11(8-4-1)12-9-5-2-6-10-12;7-6-4-2-1-3-5-6;/h1-10H;1-5,7H;1H3. The molecule has 0 aliphatic rings. The van der Waals surface area contributed by atoms with Crippen molar-refractivity contribution in [2.24, 2.45) is 0 Å². The molecule has 0 saturated carbocycles. The summed E-state index contributed by atoms with van der Waals surface area (Å²) in [6.07, 6.45) is 0. The molecule has 102 valence electrons. The maximum atomic E-state index is 8.63. The molecule has 2 heteroatoms. The predicted octanol–water partition coefficient (Wildman–Crippen LogP) is 4.80. The van der Waals surface area contributed by atoms with Crippen molar-refractivity contribution >= 4 is 9.90 Å². The molecule has 0 amide bonds. The maximum absolute atomic E-state index is 8.63. The van der Waals surface area contributed by atoms with Crippen molar-refractivity contribution in [1.29, 1.82) is 0 Å². The summed E-state index contributed by atoms with van der Waals surface area (Å²) < 4.78 is 0. The van der Waals surface area contributed by atoms with Crippen molar-refractivity contribution in [3.05, 3.63) is 91.0 Å². The van der Waals surface area contributed by atoms with E-state index in [1.54, 1.807) is 24.3 Å². The van der Waals surface area contributed by atoms with E-state index in [1.807, 2.05) is 18.2 Å². The quantitative estimate of drug-likeness (QED) is 0.635. The zero-order valence-electron chi connectivity index (χ0n) is 11.3. The Morgan fingerprint density at radius 3 is 1.00 bits per heavy atom. The average Bonchev–Trinajstić information content (AvgIpc) is 2.51. The summed E-state index contributed by atoms with van der Waals surface area (Å²) in [5.74, 6) is 0.322. The van der Waals surface area contributed by atoms with Crippen LogP contribution in [0.3, 0.4) is 0 Å². The summed E-state index contributed by atoms with van der Waals surface area (Å²) in [5.41, 5.74) is 2.55. The van der Waals surface area contributed by atoms with Gasteiger partial charge in [0.15, 0.2) is 0 Å². The van der Waals surface area contributed by atoms with E-state index in [9.17, 15) is 0 Å². The van der Waals surface area contributed by atoms with Crippen molar-refractivity contribution in [2.45, 2.75) is 0 Å². The maximum Gasteiger partial charge on any atom is 0.115 e. The fraction of sp³-hybridized carbons (Fsp3) is 0. The Morgan fingerprint density at radius 2 is 0.750 bits per heavy atom. The summed E-state index contributed by atoms with van der Waals surface area (Å²) in [4.78, 5) is 0. The molecule has 0 aliphatic carbocycles. The highest BCUT2D eigenvalue weighted by Gasteiger charge is 1.91. The van der Waals surface area contributed by atoms with Gasteiger partial charge in [0.1, 0.15) is 5.75 Å². The minimum Gasteiger partial charge on any atom is -0.508 e. The molecule has 20 heavy (non-hydrogen) atoms. The molecular formula is C18H19OP. The van der Waals surface area contributed by atoms with Crippen LogP contribution < -0.4 is 0 Å². The molecule has 0 heterocycles. The van der Waals surface area contributed by atoms with Crippen molar-refractivity contribution in [3.8, 4) is 16.9 Å². The second-order valence-corrected chi connectivity index (χ2v) is 4.07. The lowest BCUT2D eigenvalue weighted by molar-refractivity contribution is 0.475. The molecule has 3 aromatic carbocycles. The van der Waals surface area contributed by atoms with Gasteiger partial charge in [-0.15, -0.1) is 0 Å². The smallest absolute Gasteiger partial charge is 0.115 e. The monoisotopic (exact) mass is 282 g/mol. The lowest BCUT2D eigenvalue weighted by Gasteiger charge is -1.98. The van der Waals surface area contributed by atoms with Gasteiger partial charge in [-0.25, -0.2) is 0 Å². The summed E-state index contributed by atoms with van der Waals surface area (Å²) in [7, 11) is 0. The van der Waals surface area contributed by atoms with Gasteiger partial charge in [0.25, 0.3) is 0 Å². The van der Waals surface area contributed by atoms with Gasteiger partial charge in [0.2, 0.25) is 0 Å². The topological polar surface area (TPSA) is 20.2 Å². The Kier molecular flexibility index (Phi) is 7.10. The van der Waals surface area contributed by atoms with Crippen LogP contribution in [0.4, 0.5) is 0 Å². The number of phenols is 1. The first kappa shape index (κ1) is 15.9. The largest absolute Gasteiger partial charge is 0.508 e. The summed E-state index contributed by atoms with van der Waals surface area (Å²) in [5, 5.41) is 8.63. The number of aromatic hydroxyl groups is 1. The van der Waals surface area contributed by atoms with E-state index in [-0.39, 0.29) is 9.90 Å². The summed E-state index contributed by atoms with van der Waals surface area (Å²) in [6.45, 7) is 0. The predicted molar refractivity (Wildman–Crippen MR) is 91.1 cm³/mol. The summed E-state index contributed by atoms with van der Waals surface area (Å²) in [6, 6.07) is 29.5. The number of benzene rings is 3. The number of hydrogen-bond acceptors (Lipinski definition) is 1. The lowest BCUT2D eigenvalue weighted by Crippen LogP contribution is -1.73. The van der Waals surface area contributed by atoms with Crippen LogP contribution in [-0.4, -0.2) is 5.11 Å². The van der Waals surface area contributed by atoms with E-state index in [4.69, 9.17) is 5.11 Å². The molecule has 1 nitrogen and oxygen atoms in total. The van der Waals surface area contributed by atoms with Gasteiger partial charge in [-0.1, -0.05) is 78.9 Å². The van der Waals surface area contributed by atoms with Crippen molar-refractivity contribution < 1.29 is 5.11 Å². The van der Waals surface area contributed by atoms with Crippen molar-refractivity contribution in [1.82, 2.24) is 0 Å². The highest BCUT2D eigenvalue weighted by Crippen LogP contribution is 2.17. The number of hydrogen-bond donors (Lipinski definition) is 1. The molecule has 1 atom stereocenters. The minimum atomic E-state index is 0.